The maximum atomic E-state index is 4.53. The first-order valence-corrected chi connectivity index (χ1v) is 10.2. The third-order valence-corrected chi connectivity index (χ3v) is 6.02. The zero-order valence-electron chi connectivity index (χ0n) is 16.2. The van der Waals surface area contributed by atoms with Gasteiger partial charge < -0.3 is 4.90 Å². The first-order chi connectivity index (χ1) is 12.9. The van der Waals surface area contributed by atoms with Crippen LogP contribution >= 0.6 is 12.4 Å². The van der Waals surface area contributed by atoms with Gasteiger partial charge in [-0.2, -0.15) is 0 Å². The highest BCUT2D eigenvalue weighted by atomic mass is 35.5. The van der Waals surface area contributed by atoms with Crippen LogP contribution in [0, 0.1) is 0 Å². The number of hydrogen-bond acceptors (Lipinski definition) is 5. The van der Waals surface area contributed by atoms with E-state index in [2.05, 4.69) is 67.3 Å². The van der Waals surface area contributed by atoms with Crippen LogP contribution in [-0.2, 0) is 0 Å². The second-order valence-corrected chi connectivity index (χ2v) is 7.56. The largest absolute Gasteiger partial charge is 0.301 e. The SMILES string of the molecule is CCN1CCN(C(c2ccccc2)c2nnnn2C2CCCCC2)CC1.Cl. The first kappa shape index (κ1) is 20.2. The Kier molecular flexibility index (Phi) is 7.21. The van der Waals surface area contributed by atoms with Gasteiger partial charge in [-0.25, -0.2) is 4.68 Å². The van der Waals surface area contributed by atoms with E-state index in [0.29, 0.717) is 6.04 Å². The van der Waals surface area contributed by atoms with E-state index in [-0.39, 0.29) is 18.4 Å². The van der Waals surface area contributed by atoms with Crippen molar-refractivity contribution in [3.63, 3.8) is 0 Å². The molecular weight excluding hydrogens is 360 g/mol. The van der Waals surface area contributed by atoms with Gasteiger partial charge in [-0.05, 0) is 35.4 Å². The monoisotopic (exact) mass is 390 g/mol. The number of benzene rings is 1. The van der Waals surface area contributed by atoms with Gasteiger partial charge in [-0.3, -0.25) is 4.90 Å². The number of hydrogen-bond donors (Lipinski definition) is 0. The normalized spacial score (nSPS) is 20.9. The molecule has 0 N–H and O–H groups in total. The van der Waals surface area contributed by atoms with E-state index in [1.807, 2.05) is 0 Å². The van der Waals surface area contributed by atoms with Crippen molar-refractivity contribution in [2.45, 2.75) is 51.1 Å². The van der Waals surface area contributed by atoms with Crippen LogP contribution in [0.15, 0.2) is 30.3 Å². The molecule has 1 saturated carbocycles. The molecule has 2 aliphatic rings. The average molecular weight is 391 g/mol. The van der Waals surface area contributed by atoms with Gasteiger partial charge in [0.1, 0.15) is 0 Å². The van der Waals surface area contributed by atoms with Crippen LogP contribution in [0.25, 0.3) is 0 Å². The summed E-state index contributed by atoms with van der Waals surface area (Å²) in [6.45, 7) is 7.73. The topological polar surface area (TPSA) is 50.1 Å². The molecule has 0 bridgehead atoms. The maximum Gasteiger partial charge on any atom is 0.173 e. The third-order valence-electron chi connectivity index (χ3n) is 6.02. The molecule has 2 heterocycles. The fraction of sp³-hybridized carbons (Fsp3) is 0.650. The van der Waals surface area contributed by atoms with Gasteiger partial charge in [0.2, 0.25) is 0 Å². The molecule has 1 atom stereocenters. The minimum atomic E-state index is 0. The second-order valence-electron chi connectivity index (χ2n) is 7.56. The standard InChI is InChI=1S/C20H30N6.ClH/c1-2-24-13-15-25(16-14-24)19(17-9-5-3-6-10-17)20-21-22-23-26(20)18-11-7-4-8-12-18;/h3,5-6,9-10,18-19H,2,4,7-8,11-16H2,1H3;1H. The lowest BCUT2D eigenvalue weighted by atomic mass is 9.95. The number of nitrogens with zero attached hydrogens (tertiary/aromatic N) is 6. The lowest BCUT2D eigenvalue weighted by Crippen LogP contribution is -2.48. The first-order valence-electron chi connectivity index (χ1n) is 10.2. The highest BCUT2D eigenvalue weighted by Crippen LogP contribution is 2.33. The fourth-order valence-electron chi connectivity index (χ4n) is 4.46. The number of piperazine rings is 1. The zero-order valence-corrected chi connectivity index (χ0v) is 17.0. The molecule has 1 aromatic heterocycles. The Bertz CT molecular complexity index is 677. The second kappa shape index (κ2) is 9.62. The summed E-state index contributed by atoms with van der Waals surface area (Å²) in [6, 6.07) is 11.4. The predicted molar refractivity (Wildman–Crippen MR) is 109 cm³/mol. The van der Waals surface area contributed by atoms with Crippen LogP contribution in [-0.4, -0.2) is 62.7 Å². The molecule has 4 rings (SSSR count). The summed E-state index contributed by atoms with van der Waals surface area (Å²) in [4.78, 5) is 5.08. The summed E-state index contributed by atoms with van der Waals surface area (Å²) < 4.78 is 2.14. The van der Waals surface area contributed by atoms with Crippen LogP contribution in [0.2, 0.25) is 0 Å². The van der Waals surface area contributed by atoms with Gasteiger partial charge in [-0.1, -0.05) is 56.5 Å². The van der Waals surface area contributed by atoms with Gasteiger partial charge in [0.15, 0.2) is 5.82 Å². The molecular formula is C20H31ClN6. The summed E-state index contributed by atoms with van der Waals surface area (Å²) in [5, 5.41) is 13.1. The van der Waals surface area contributed by atoms with E-state index < -0.39 is 0 Å². The Morgan fingerprint density at radius 1 is 1.00 bits per heavy atom. The molecule has 2 aromatic rings. The van der Waals surface area contributed by atoms with Crippen molar-refractivity contribution in [2.75, 3.05) is 32.7 Å². The fourth-order valence-corrected chi connectivity index (χ4v) is 4.46. The van der Waals surface area contributed by atoms with Gasteiger partial charge in [0.05, 0.1) is 12.1 Å². The van der Waals surface area contributed by atoms with Gasteiger partial charge >= 0.3 is 0 Å². The van der Waals surface area contributed by atoms with Crippen molar-refractivity contribution in [3.05, 3.63) is 41.7 Å². The summed E-state index contributed by atoms with van der Waals surface area (Å²) >= 11 is 0. The molecule has 27 heavy (non-hydrogen) atoms. The van der Waals surface area contributed by atoms with Gasteiger partial charge in [0, 0.05) is 26.2 Å². The van der Waals surface area contributed by atoms with E-state index >= 15 is 0 Å². The van der Waals surface area contributed by atoms with E-state index in [4.69, 9.17) is 0 Å². The van der Waals surface area contributed by atoms with E-state index in [9.17, 15) is 0 Å². The predicted octanol–water partition coefficient (Wildman–Crippen LogP) is 3.33. The Morgan fingerprint density at radius 2 is 1.70 bits per heavy atom. The molecule has 1 saturated heterocycles. The quantitative estimate of drug-likeness (QED) is 0.783. The van der Waals surface area contributed by atoms with Crippen LogP contribution in [0.1, 0.15) is 62.5 Å². The molecule has 148 valence electrons. The molecule has 1 aliphatic carbocycles. The summed E-state index contributed by atoms with van der Waals surface area (Å²) in [7, 11) is 0. The van der Waals surface area contributed by atoms with Crippen LogP contribution in [0.3, 0.4) is 0 Å². The molecule has 0 amide bonds. The van der Waals surface area contributed by atoms with E-state index in [1.165, 1.54) is 37.7 Å². The lowest BCUT2D eigenvalue weighted by molar-refractivity contribution is 0.107. The van der Waals surface area contributed by atoms with Crippen LogP contribution < -0.4 is 0 Å². The highest BCUT2D eigenvalue weighted by molar-refractivity contribution is 5.85. The molecule has 1 unspecified atom stereocenters. The lowest BCUT2D eigenvalue weighted by Gasteiger charge is -2.39. The molecule has 0 radical (unpaired) electrons. The Hall–Kier alpha value is -1.50. The van der Waals surface area contributed by atoms with Crippen LogP contribution in [0.5, 0.6) is 0 Å². The van der Waals surface area contributed by atoms with E-state index in [0.717, 1.165) is 38.5 Å². The van der Waals surface area contributed by atoms with Gasteiger partial charge in [-0.15, -0.1) is 17.5 Å². The average Bonchev–Trinajstić information content (AvgIpc) is 3.19. The molecule has 0 spiro atoms. The minimum Gasteiger partial charge on any atom is -0.301 e. The number of rotatable bonds is 5. The van der Waals surface area contributed by atoms with Crippen molar-refractivity contribution in [1.82, 2.24) is 30.0 Å². The number of tetrazole rings is 1. The smallest absolute Gasteiger partial charge is 0.173 e. The molecule has 6 nitrogen and oxygen atoms in total. The Morgan fingerprint density at radius 3 is 2.37 bits per heavy atom. The van der Waals surface area contributed by atoms with E-state index in [1.54, 1.807) is 0 Å². The summed E-state index contributed by atoms with van der Waals surface area (Å²) in [5.41, 5.74) is 1.30. The van der Waals surface area contributed by atoms with Crippen molar-refractivity contribution < 1.29 is 0 Å². The zero-order chi connectivity index (χ0) is 17.8. The maximum absolute atomic E-state index is 4.53. The van der Waals surface area contributed by atoms with Crippen LogP contribution in [0.4, 0.5) is 0 Å². The minimum absolute atomic E-state index is 0. The van der Waals surface area contributed by atoms with Crippen molar-refractivity contribution in [1.29, 1.82) is 0 Å². The van der Waals surface area contributed by atoms with Crippen molar-refractivity contribution in [2.24, 2.45) is 0 Å². The van der Waals surface area contributed by atoms with Crippen molar-refractivity contribution >= 4 is 12.4 Å². The number of likely N-dealkylation sites (N-methyl/N-ethyl adjacent to an activating group) is 1. The van der Waals surface area contributed by atoms with Crippen molar-refractivity contribution in [3.8, 4) is 0 Å². The molecule has 1 aliphatic heterocycles. The molecule has 7 heteroatoms. The Labute approximate surface area is 168 Å². The number of aromatic nitrogens is 4. The number of halogens is 1. The molecule has 1 aromatic carbocycles. The molecule has 2 fully saturated rings. The Balaban J connectivity index is 0.00000210. The highest BCUT2D eigenvalue weighted by Gasteiger charge is 2.32. The summed E-state index contributed by atoms with van der Waals surface area (Å²) in [5.74, 6) is 1.02. The third kappa shape index (κ3) is 4.50. The summed E-state index contributed by atoms with van der Waals surface area (Å²) in [6.07, 6.45) is 6.31. The van der Waals surface area contributed by atoms with Gasteiger partial charge in [0.25, 0.3) is 0 Å².